The molecule has 0 aliphatic carbocycles. The normalized spacial score (nSPS) is 21.4. The molecule has 0 radical (unpaired) electrons. The van der Waals surface area contributed by atoms with Crippen molar-refractivity contribution in [2.24, 2.45) is 0 Å². The third-order valence-electron chi connectivity index (χ3n) is 3.84. The number of nitrogens with one attached hydrogen (secondary N) is 1. The van der Waals surface area contributed by atoms with Crippen molar-refractivity contribution in [3.05, 3.63) is 12.7 Å². The van der Waals surface area contributed by atoms with Gasteiger partial charge in [0.1, 0.15) is 0 Å². The van der Waals surface area contributed by atoms with Crippen LogP contribution in [-0.2, 0) is 0 Å². The molecule has 1 saturated heterocycles. The van der Waals surface area contributed by atoms with Crippen molar-refractivity contribution in [3.8, 4) is 0 Å². The van der Waals surface area contributed by atoms with Crippen LogP contribution in [0.1, 0.15) is 46.5 Å². The lowest BCUT2D eigenvalue weighted by Gasteiger charge is -2.43. The largest absolute Gasteiger partial charge is 0.309 e. The molecule has 1 rings (SSSR count). The molecule has 0 saturated carbocycles. The summed E-state index contributed by atoms with van der Waals surface area (Å²) in [5.41, 5.74) is 0.183. The lowest BCUT2D eigenvalue weighted by molar-refractivity contribution is 0.100. The monoisotopic (exact) mass is 224 g/mol. The molecule has 2 heteroatoms. The van der Waals surface area contributed by atoms with Crippen molar-refractivity contribution >= 4 is 0 Å². The Hall–Kier alpha value is -0.340. The van der Waals surface area contributed by atoms with E-state index in [0.717, 1.165) is 6.54 Å². The molecule has 0 aromatic heterocycles. The minimum Gasteiger partial charge on any atom is -0.309 e. The van der Waals surface area contributed by atoms with Gasteiger partial charge >= 0.3 is 0 Å². The van der Waals surface area contributed by atoms with Crippen LogP contribution < -0.4 is 5.32 Å². The second-order valence-electron chi connectivity index (χ2n) is 5.33. The van der Waals surface area contributed by atoms with E-state index in [4.69, 9.17) is 0 Å². The van der Waals surface area contributed by atoms with Crippen LogP contribution in [0.4, 0.5) is 0 Å². The number of likely N-dealkylation sites (N-methyl/N-ethyl adjacent to an activating group) is 1. The SMILES string of the molecule is C=CC(NCC)C(C)(C)N1CCCCCC1. The summed E-state index contributed by atoms with van der Waals surface area (Å²) in [5.74, 6) is 0. The van der Waals surface area contributed by atoms with Crippen molar-refractivity contribution in [2.75, 3.05) is 19.6 Å². The van der Waals surface area contributed by atoms with E-state index in [-0.39, 0.29) is 5.54 Å². The van der Waals surface area contributed by atoms with Gasteiger partial charge in [-0.25, -0.2) is 0 Å². The summed E-state index contributed by atoms with van der Waals surface area (Å²) in [6, 6.07) is 0.385. The zero-order valence-electron chi connectivity index (χ0n) is 11.3. The van der Waals surface area contributed by atoms with E-state index < -0.39 is 0 Å². The molecule has 1 aliphatic rings. The van der Waals surface area contributed by atoms with E-state index in [1.165, 1.54) is 38.8 Å². The van der Waals surface area contributed by atoms with Gasteiger partial charge in [0.2, 0.25) is 0 Å². The smallest absolute Gasteiger partial charge is 0.0428 e. The number of likely N-dealkylation sites (tertiary alicyclic amines) is 1. The molecule has 1 aliphatic heterocycles. The van der Waals surface area contributed by atoms with Crippen LogP contribution in [0, 0.1) is 0 Å². The summed E-state index contributed by atoms with van der Waals surface area (Å²) in [7, 11) is 0. The molecule has 1 heterocycles. The molecule has 0 aromatic carbocycles. The molecule has 2 nitrogen and oxygen atoms in total. The second kappa shape index (κ2) is 6.41. The average molecular weight is 224 g/mol. The van der Waals surface area contributed by atoms with Gasteiger partial charge in [-0.15, -0.1) is 6.58 Å². The van der Waals surface area contributed by atoms with Gasteiger partial charge in [0.15, 0.2) is 0 Å². The average Bonchev–Trinajstić information content (AvgIpc) is 2.54. The maximum Gasteiger partial charge on any atom is 0.0428 e. The molecule has 0 amide bonds. The number of nitrogens with zero attached hydrogens (tertiary/aromatic N) is 1. The Balaban J connectivity index is 2.67. The Bertz CT molecular complexity index is 203. The highest BCUT2D eigenvalue weighted by Gasteiger charge is 2.33. The predicted molar refractivity (Wildman–Crippen MR) is 71.8 cm³/mol. The van der Waals surface area contributed by atoms with Gasteiger partial charge in [0.25, 0.3) is 0 Å². The van der Waals surface area contributed by atoms with Crippen molar-refractivity contribution in [3.63, 3.8) is 0 Å². The summed E-state index contributed by atoms with van der Waals surface area (Å²) in [4.78, 5) is 2.63. The Morgan fingerprint density at radius 2 is 1.81 bits per heavy atom. The maximum absolute atomic E-state index is 3.98. The molecule has 94 valence electrons. The van der Waals surface area contributed by atoms with Gasteiger partial charge in [0.05, 0.1) is 0 Å². The third-order valence-corrected chi connectivity index (χ3v) is 3.84. The molecule has 0 bridgehead atoms. The van der Waals surface area contributed by atoms with Crippen LogP contribution >= 0.6 is 0 Å². The van der Waals surface area contributed by atoms with Crippen molar-refractivity contribution in [2.45, 2.75) is 58.0 Å². The first-order valence-corrected chi connectivity index (χ1v) is 6.74. The number of hydrogen-bond acceptors (Lipinski definition) is 2. The van der Waals surface area contributed by atoms with Gasteiger partial charge in [0, 0.05) is 11.6 Å². The van der Waals surface area contributed by atoms with Crippen molar-refractivity contribution < 1.29 is 0 Å². The molecular weight excluding hydrogens is 196 g/mol. The van der Waals surface area contributed by atoms with Gasteiger partial charge in [-0.1, -0.05) is 25.8 Å². The first-order valence-electron chi connectivity index (χ1n) is 6.74. The summed E-state index contributed by atoms with van der Waals surface area (Å²) in [6.45, 7) is 14.3. The predicted octanol–water partition coefficient (Wildman–Crippen LogP) is 2.81. The van der Waals surface area contributed by atoms with E-state index in [2.05, 4.69) is 43.6 Å². The topological polar surface area (TPSA) is 15.3 Å². The van der Waals surface area contributed by atoms with Gasteiger partial charge in [-0.05, 0) is 46.3 Å². The molecule has 16 heavy (non-hydrogen) atoms. The summed E-state index contributed by atoms with van der Waals surface area (Å²) < 4.78 is 0. The van der Waals surface area contributed by atoms with Gasteiger partial charge < -0.3 is 5.32 Å². The minimum atomic E-state index is 0.183. The fourth-order valence-electron chi connectivity index (χ4n) is 2.69. The standard InChI is InChI=1S/C14H28N2/c1-5-13(15-6-2)14(3,4)16-11-9-7-8-10-12-16/h5,13,15H,1,6-12H2,2-4H3. The Morgan fingerprint density at radius 1 is 1.25 bits per heavy atom. The van der Waals surface area contributed by atoms with E-state index in [9.17, 15) is 0 Å². The van der Waals surface area contributed by atoms with Gasteiger partial charge in [-0.3, -0.25) is 4.90 Å². The van der Waals surface area contributed by atoms with E-state index in [1.807, 2.05) is 0 Å². The van der Waals surface area contributed by atoms with Crippen LogP contribution in [0.15, 0.2) is 12.7 Å². The lowest BCUT2D eigenvalue weighted by atomic mass is 9.91. The number of hydrogen-bond donors (Lipinski definition) is 1. The van der Waals surface area contributed by atoms with Crippen LogP contribution in [0.2, 0.25) is 0 Å². The highest BCUT2D eigenvalue weighted by atomic mass is 15.2. The fourth-order valence-corrected chi connectivity index (χ4v) is 2.69. The lowest BCUT2D eigenvalue weighted by Crippen LogP contribution is -2.57. The van der Waals surface area contributed by atoms with Crippen LogP contribution in [-0.4, -0.2) is 36.1 Å². The zero-order valence-corrected chi connectivity index (χ0v) is 11.3. The molecule has 1 fully saturated rings. The van der Waals surface area contributed by atoms with Crippen molar-refractivity contribution in [1.82, 2.24) is 10.2 Å². The molecule has 1 atom stereocenters. The molecule has 1 N–H and O–H groups in total. The molecule has 0 aromatic rings. The summed E-state index contributed by atoms with van der Waals surface area (Å²) in [5, 5.41) is 3.53. The van der Waals surface area contributed by atoms with E-state index in [1.54, 1.807) is 0 Å². The van der Waals surface area contributed by atoms with E-state index in [0.29, 0.717) is 6.04 Å². The minimum absolute atomic E-state index is 0.183. The van der Waals surface area contributed by atoms with Crippen LogP contribution in [0.5, 0.6) is 0 Å². The summed E-state index contributed by atoms with van der Waals surface area (Å²) >= 11 is 0. The molecule has 1 unspecified atom stereocenters. The highest BCUT2D eigenvalue weighted by molar-refractivity contribution is 5.03. The Kier molecular flexibility index (Phi) is 5.50. The zero-order chi connectivity index (χ0) is 12.0. The highest BCUT2D eigenvalue weighted by Crippen LogP contribution is 2.23. The third kappa shape index (κ3) is 3.33. The van der Waals surface area contributed by atoms with Crippen LogP contribution in [0.25, 0.3) is 0 Å². The van der Waals surface area contributed by atoms with E-state index >= 15 is 0 Å². The van der Waals surface area contributed by atoms with Crippen molar-refractivity contribution in [1.29, 1.82) is 0 Å². The molecule has 0 spiro atoms. The Labute approximate surface area is 101 Å². The second-order valence-corrected chi connectivity index (χ2v) is 5.33. The quantitative estimate of drug-likeness (QED) is 0.722. The maximum atomic E-state index is 3.98. The number of rotatable bonds is 5. The molecular formula is C14H28N2. The first kappa shape index (κ1) is 13.7. The summed E-state index contributed by atoms with van der Waals surface area (Å²) in [6.07, 6.45) is 7.55. The first-order chi connectivity index (χ1) is 7.62. The van der Waals surface area contributed by atoms with Gasteiger partial charge in [-0.2, -0.15) is 0 Å². The van der Waals surface area contributed by atoms with Crippen LogP contribution in [0.3, 0.4) is 0 Å². The fraction of sp³-hybridized carbons (Fsp3) is 0.857. The Morgan fingerprint density at radius 3 is 2.25 bits per heavy atom.